The molecule has 25 heavy (non-hydrogen) atoms. The lowest BCUT2D eigenvalue weighted by Gasteiger charge is -2.31. The summed E-state index contributed by atoms with van der Waals surface area (Å²) in [5.74, 6) is -0.272. The lowest BCUT2D eigenvalue weighted by atomic mass is 9.97. The number of carbonyl (C=O) groups is 2. The number of nitrogens with zero attached hydrogens (tertiary/aromatic N) is 3. The molecule has 1 fully saturated rings. The van der Waals surface area contributed by atoms with Crippen LogP contribution in [0.3, 0.4) is 0 Å². The van der Waals surface area contributed by atoms with Gasteiger partial charge >= 0.3 is 0 Å². The van der Waals surface area contributed by atoms with Crippen molar-refractivity contribution in [2.45, 2.75) is 17.2 Å². The average Bonchev–Trinajstić information content (AvgIpc) is 3.08. The van der Waals surface area contributed by atoms with Crippen LogP contribution in [0.5, 0.6) is 0 Å². The minimum Gasteiger partial charge on any atom is -0.369 e. The fourth-order valence-corrected chi connectivity index (χ4v) is 4.29. The van der Waals surface area contributed by atoms with E-state index in [2.05, 4.69) is 15.5 Å². The smallest absolute Gasteiger partial charge is 0.233 e. The molecule has 9 heteroatoms. The van der Waals surface area contributed by atoms with E-state index in [0.717, 1.165) is 22.9 Å². The first-order valence-corrected chi connectivity index (χ1v) is 9.77. The predicted octanol–water partition coefficient (Wildman–Crippen LogP) is 2.10. The molecule has 2 aromatic rings. The van der Waals surface area contributed by atoms with Crippen LogP contribution < -0.4 is 11.1 Å². The normalized spacial score (nSPS) is 17.3. The number of aromatic nitrogens is 2. The number of anilines is 2. The van der Waals surface area contributed by atoms with E-state index in [-0.39, 0.29) is 23.5 Å². The summed E-state index contributed by atoms with van der Waals surface area (Å²) in [5, 5.41) is 12.1. The molecule has 2 heterocycles. The summed E-state index contributed by atoms with van der Waals surface area (Å²) >= 11 is 2.77. The number of rotatable bonds is 6. The van der Waals surface area contributed by atoms with Gasteiger partial charge < -0.3 is 16.0 Å². The second-order valence-electron chi connectivity index (χ2n) is 5.73. The minimum atomic E-state index is -0.328. The highest BCUT2D eigenvalue weighted by Crippen LogP contribution is 2.28. The Labute approximate surface area is 154 Å². The van der Waals surface area contributed by atoms with Crippen LogP contribution in [0.1, 0.15) is 12.8 Å². The van der Waals surface area contributed by atoms with Gasteiger partial charge in [-0.1, -0.05) is 41.3 Å². The quantitative estimate of drug-likeness (QED) is 0.748. The van der Waals surface area contributed by atoms with Crippen molar-refractivity contribution >= 4 is 45.7 Å². The van der Waals surface area contributed by atoms with Gasteiger partial charge in [-0.3, -0.25) is 9.59 Å². The SMILES string of the molecule is NC(=O)[C@H]1CCCN(C(=O)CSc2nnc(Nc3ccccc3)s2)C1. The molecule has 0 aliphatic carbocycles. The number of para-hydroxylation sites is 1. The van der Waals surface area contributed by atoms with Gasteiger partial charge in [-0.15, -0.1) is 10.2 Å². The maximum atomic E-state index is 12.3. The summed E-state index contributed by atoms with van der Waals surface area (Å²) in [5.41, 5.74) is 6.30. The molecule has 0 bridgehead atoms. The number of thioether (sulfide) groups is 1. The molecule has 1 saturated heterocycles. The molecule has 1 aliphatic rings. The number of amides is 2. The van der Waals surface area contributed by atoms with Crippen molar-refractivity contribution in [1.82, 2.24) is 15.1 Å². The molecule has 3 N–H and O–H groups in total. The van der Waals surface area contributed by atoms with Crippen LogP contribution >= 0.6 is 23.1 Å². The van der Waals surface area contributed by atoms with Gasteiger partial charge in [0.15, 0.2) is 4.34 Å². The Morgan fingerprint density at radius 2 is 2.12 bits per heavy atom. The molecule has 1 aliphatic heterocycles. The van der Waals surface area contributed by atoms with Gasteiger partial charge in [-0.25, -0.2) is 0 Å². The minimum absolute atomic E-state index is 0.00344. The topological polar surface area (TPSA) is 101 Å². The number of likely N-dealkylation sites (tertiary alicyclic amines) is 1. The molecule has 0 radical (unpaired) electrons. The monoisotopic (exact) mass is 377 g/mol. The highest BCUT2D eigenvalue weighted by Gasteiger charge is 2.27. The summed E-state index contributed by atoms with van der Waals surface area (Å²) in [7, 11) is 0. The molecule has 0 spiro atoms. The molecule has 1 atom stereocenters. The summed E-state index contributed by atoms with van der Waals surface area (Å²) in [6, 6.07) is 9.72. The summed E-state index contributed by atoms with van der Waals surface area (Å²) in [6.07, 6.45) is 1.57. The Bertz CT molecular complexity index is 737. The van der Waals surface area contributed by atoms with Crippen LogP contribution in [0, 0.1) is 5.92 Å². The highest BCUT2D eigenvalue weighted by molar-refractivity contribution is 8.01. The van der Waals surface area contributed by atoms with E-state index in [1.54, 1.807) is 4.90 Å². The van der Waals surface area contributed by atoms with Crippen LogP contribution in [-0.4, -0.2) is 45.8 Å². The number of nitrogens with two attached hydrogens (primary N) is 1. The zero-order valence-electron chi connectivity index (χ0n) is 13.6. The number of nitrogens with one attached hydrogen (secondary N) is 1. The zero-order chi connectivity index (χ0) is 17.6. The summed E-state index contributed by atoms with van der Waals surface area (Å²) in [6.45, 7) is 1.10. The molecular formula is C16H19N5O2S2. The Morgan fingerprint density at radius 1 is 1.32 bits per heavy atom. The third-order valence-electron chi connectivity index (χ3n) is 3.93. The standard InChI is InChI=1S/C16H19N5O2S2/c17-14(23)11-5-4-8-21(9-11)13(22)10-24-16-20-19-15(25-16)18-12-6-2-1-3-7-12/h1-3,6-7,11H,4-5,8-10H2,(H2,17,23)(H,18,19)/t11-/m0/s1. The van der Waals surface area contributed by atoms with Crippen LogP contribution in [0.4, 0.5) is 10.8 Å². The number of hydrogen-bond donors (Lipinski definition) is 2. The van der Waals surface area contributed by atoms with Crippen LogP contribution in [0.2, 0.25) is 0 Å². The Balaban J connectivity index is 1.50. The summed E-state index contributed by atoms with van der Waals surface area (Å²) in [4.78, 5) is 25.4. The number of carbonyl (C=O) groups excluding carboxylic acids is 2. The molecule has 3 rings (SSSR count). The number of primary amides is 1. The molecule has 2 amide bonds. The van der Waals surface area contributed by atoms with Gasteiger partial charge in [0.2, 0.25) is 16.9 Å². The molecule has 1 aromatic heterocycles. The molecule has 0 saturated carbocycles. The van der Waals surface area contributed by atoms with Gasteiger partial charge in [0.25, 0.3) is 0 Å². The number of benzene rings is 1. The Morgan fingerprint density at radius 3 is 2.88 bits per heavy atom. The van der Waals surface area contributed by atoms with E-state index in [1.807, 2.05) is 30.3 Å². The van der Waals surface area contributed by atoms with Crippen molar-refractivity contribution in [3.05, 3.63) is 30.3 Å². The van der Waals surface area contributed by atoms with E-state index in [4.69, 9.17) is 5.73 Å². The fourth-order valence-electron chi connectivity index (χ4n) is 2.61. The summed E-state index contributed by atoms with van der Waals surface area (Å²) < 4.78 is 0.732. The van der Waals surface area contributed by atoms with Gasteiger partial charge in [0.05, 0.1) is 11.7 Å². The zero-order valence-corrected chi connectivity index (χ0v) is 15.2. The first-order chi connectivity index (χ1) is 12.1. The predicted molar refractivity (Wildman–Crippen MR) is 98.9 cm³/mol. The van der Waals surface area contributed by atoms with Crippen molar-refractivity contribution < 1.29 is 9.59 Å². The van der Waals surface area contributed by atoms with E-state index in [0.29, 0.717) is 18.2 Å². The van der Waals surface area contributed by atoms with Gasteiger partial charge in [-0.2, -0.15) is 0 Å². The second kappa shape index (κ2) is 8.30. The third-order valence-corrected chi connectivity index (χ3v) is 5.88. The lowest BCUT2D eigenvalue weighted by Crippen LogP contribution is -2.44. The molecule has 0 unspecified atom stereocenters. The van der Waals surface area contributed by atoms with Crippen LogP contribution in [0.25, 0.3) is 0 Å². The van der Waals surface area contributed by atoms with Gasteiger partial charge in [0, 0.05) is 18.8 Å². The van der Waals surface area contributed by atoms with Gasteiger partial charge in [0.1, 0.15) is 0 Å². The van der Waals surface area contributed by atoms with E-state index in [1.165, 1.54) is 23.1 Å². The second-order valence-corrected chi connectivity index (χ2v) is 7.93. The average molecular weight is 377 g/mol. The molecule has 7 nitrogen and oxygen atoms in total. The Kier molecular flexibility index (Phi) is 5.87. The van der Waals surface area contributed by atoms with Crippen LogP contribution in [-0.2, 0) is 9.59 Å². The van der Waals surface area contributed by atoms with Crippen molar-refractivity contribution in [1.29, 1.82) is 0 Å². The van der Waals surface area contributed by atoms with E-state index < -0.39 is 0 Å². The van der Waals surface area contributed by atoms with Crippen LogP contribution in [0.15, 0.2) is 34.7 Å². The van der Waals surface area contributed by atoms with Crippen molar-refractivity contribution in [2.24, 2.45) is 11.7 Å². The van der Waals surface area contributed by atoms with E-state index in [9.17, 15) is 9.59 Å². The van der Waals surface area contributed by atoms with Gasteiger partial charge in [-0.05, 0) is 25.0 Å². The van der Waals surface area contributed by atoms with Crippen molar-refractivity contribution in [3.63, 3.8) is 0 Å². The first kappa shape index (κ1) is 17.7. The molecule has 1 aromatic carbocycles. The fraction of sp³-hybridized carbons (Fsp3) is 0.375. The highest BCUT2D eigenvalue weighted by atomic mass is 32.2. The first-order valence-electron chi connectivity index (χ1n) is 7.97. The molecule has 132 valence electrons. The lowest BCUT2D eigenvalue weighted by molar-refractivity contribution is -0.132. The van der Waals surface area contributed by atoms with Crippen molar-refractivity contribution in [2.75, 3.05) is 24.2 Å². The number of hydrogen-bond acceptors (Lipinski definition) is 7. The largest absolute Gasteiger partial charge is 0.369 e. The van der Waals surface area contributed by atoms with E-state index >= 15 is 0 Å². The van der Waals surface area contributed by atoms with Crippen molar-refractivity contribution in [3.8, 4) is 0 Å². The maximum absolute atomic E-state index is 12.3. The maximum Gasteiger partial charge on any atom is 0.233 e. The molecular weight excluding hydrogens is 358 g/mol. The Hall–Kier alpha value is -2.13. The third kappa shape index (κ3) is 4.93. The number of piperidine rings is 1.